The van der Waals surface area contributed by atoms with Crippen molar-refractivity contribution in [2.75, 3.05) is 6.61 Å². The molecule has 2 aromatic heterocycles. The molecule has 0 aliphatic rings. The van der Waals surface area contributed by atoms with E-state index in [-0.39, 0.29) is 0 Å². The van der Waals surface area contributed by atoms with E-state index in [0.717, 1.165) is 5.52 Å². The van der Waals surface area contributed by atoms with Crippen LogP contribution in [0.2, 0.25) is 0 Å². The quantitative estimate of drug-likeness (QED) is 0.711. The fourth-order valence-corrected chi connectivity index (χ4v) is 0.945. The Bertz CT molecular complexity index is 351. The molecule has 0 unspecified atom stereocenters. The summed E-state index contributed by atoms with van der Waals surface area (Å²) in [6, 6.07) is 0.494. The molecule has 0 spiro atoms. The van der Waals surface area contributed by atoms with E-state index in [2.05, 4.69) is 19.9 Å². The third-order valence-corrected chi connectivity index (χ3v) is 1.42. The van der Waals surface area contributed by atoms with Gasteiger partial charge in [-0.15, -0.1) is 0 Å². The molecule has 0 fully saturated rings. The van der Waals surface area contributed by atoms with Crippen LogP contribution in [0.3, 0.4) is 0 Å². The van der Waals surface area contributed by atoms with Crippen LogP contribution in [-0.2, 0) is 0 Å². The zero-order valence-electron chi connectivity index (χ0n) is 6.61. The molecule has 0 bridgehead atoms. The summed E-state index contributed by atoms with van der Waals surface area (Å²) < 4.78 is 5.16. The Morgan fingerprint density at radius 2 is 2.50 bits per heavy atom. The third-order valence-electron chi connectivity index (χ3n) is 1.42. The molecule has 2 rings (SSSR count). The van der Waals surface area contributed by atoms with Gasteiger partial charge in [0.05, 0.1) is 12.8 Å². The Labute approximate surface area is 68.8 Å². The van der Waals surface area contributed by atoms with Crippen LogP contribution in [0, 0.1) is 0 Å². The summed E-state index contributed by atoms with van der Waals surface area (Å²) in [6.45, 7) is 2.49. The van der Waals surface area contributed by atoms with E-state index in [0.29, 0.717) is 18.3 Å². The maximum absolute atomic E-state index is 5.16. The Hall–Kier alpha value is -1.65. The average molecular weight is 164 g/mol. The van der Waals surface area contributed by atoms with Crippen molar-refractivity contribution >= 4 is 11.2 Å². The lowest BCUT2D eigenvalue weighted by atomic mass is 10.6. The van der Waals surface area contributed by atoms with Crippen molar-refractivity contribution in [3.63, 3.8) is 0 Å². The molecule has 5 heteroatoms. The minimum absolute atomic E-state index is 0.494. The van der Waals surface area contributed by atoms with Gasteiger partial charge in [0.25, 0.3) is 6.01 Å². The predicted octanol–water partition coefficient (Wildman–Crippen LogP) is 0.752. The number of aromatic amines is 1. The van der Waals surface area contributed by atoms with Crippen molar-refractivity contribution in [1.29, 1.82) is 0 Å². The van der Waals surface area contributed by atoms with Crippen LogP contribution >= 0.6 is 0 Å². The van der Waals surface area contributed by atoms with Gasteiger partial charge in [0.1, 0.15) is 11.8 Å². The molecule has 2 aromatic rings. The van der Waals surface area contributed by atoms with Crippen LogP contribution in [0.15, 0.2) is 12.5 Å². The summed E-state index contributed by atoms with van der Waals surface area (Å²) in [5, 5.41) is 0. The second-order valence-corrected chi connectivity index (χ2v) is 2.23. The van der Waals surface area contributed by atoms with Gasteiger partial charge in [-0.2, -0.15) is 4.98 Å². The molecule has 0 saturated heterocycles. The van der Waals surface area contributed by atoms with Crippen LogP contribution in [0.25, 0.3) is 11.2 Å². The number of fused-ring (bicyclic) bond motifs is 1. The first-order valence-electron chi connectivity index (χ1n) is 3.68. The summed E-state index contributed by atoms with van der Waals surface area (Å²) in [7, 11) is 0. The van der Waals surface area contributed by atoms with Crippen molar-refractivity contribution < 1.29 is 4.74 Å². The molecule has 0 aliphatic carbocycles. The van der Waals surface area contributed by atoms with Gasteiger partial charge in [-0.05, 0) is 6.92 Å². The monoisotopic (exact) mass is 164 g/mol. The van der Waals surface area contributed by atoms with Crippen LogP contribution in [0.5, 0.6) is 6.01 Å². The number of hydrogen-bond acceptors (Lipinski definition) is 4. The lowest BCUT2D eigenvalue weighted by Gasteiger charge is -1.92. The molecule has 0 aliphatic heterocycles. The maximum atomic E-state index is 5.16. The molecule has 0 aromatic carbocycles. The zero-order valence-corrected chi connectivity index (χ0v) is 6.61. The number of nitrogens with one attached hydrogen (secondary N) is 1. The highest BCUT2D eigenvalue weighted by atomic mass is 16.5. The molecule has 1 N–H and O–H groups in total. The maximum Gasteiger partial charge on any atom is 0.296 e. The normalized spacial score (nSPS) is 10.4. The number of H-pyrrole nitrogens is 1. The molecule has 5 nitrogen and oxygen atoms in total. The highest BCUT2D eigenvalue weighted by molar-refractivity contribution is 5.69. The molecule has 12 heavy (non-hydrogen) atoms. The van der Waals surface area contributed by atoms with Crippen molar-refractivity contribution in [2.45, 2.75) is 6.92 Å². The van der Waals surface area contributed by atoms with Gasteiger partial charge in [-0.1, -0.05) is 0 Å². The summed E-state index contributed by atoms with van der Waals surface area (Å²) in [5.74, 6) is 0. The van der Waals surface area contributed by atoms with Crippen molar-refractivity contribution in [1.82, 2.24) is 19.9 Å². The smallest absolute Gasteiger partial charge is 0.296 e. The van der Waals surface area contributed by atoms with Gasteiger partial charge < -0.3 is 9.72 Å². The summed E-state index contributed by atoms with van der Waals surface area (Å²) in [5.41, 5.74) is 1.43. The highest BCUT2D eigenvalue weighted by Gasteiger charge is 2.01. The Balaban J connectivity index is 2.47. The fourth-order valence-electron chi connectivity index (χ4n) is 0.945. The number of aromatic nitrogens is 4. The van der Waals surface area contributed by atoms with E-state index in [9.17, 15) is 0 Å². The number of hydrogen-bond donors (Lipinski definition) is 1. The summed E-state index contributed by atoms with van der Waals surface area (Å²) >= 11 is 0. The molecule has 0 amide bonds. The molecular formula is C7H8N4O. The van der Waals surface area contributed by atoms with Crippen molar-refractivity contribution in [3.8, 4) is 6.01 Å². The van der Waals surface area contributed by atoms with Crippen LogP contribution < -0.4 is 4.74 Å². The van der Waals surface area contributed by atoms with Gasteiger partial charge >= 0.3 is 0 Å². The van der Waals surface area contributed by atoms with Gasteiger partial charge in [-0.25, -0.2) is 9.97 Å². The van der Waals surface area contributed by atoms with Crippen molar-refractivity contribution in [2.24, 2.45) is 0 Å². The SMILES string of the molecule is CCOc1nc2ncncc2[nH]1. The van der Waals surface area contributed by atoms with E-state index in [1.165, 1.54) is 6.33 Å². The van der Waals surface area contributed by atoms with E-state index in [1.807, 2.05) is 6.92 Å². The van der Waals surface area contributed by atoms with E-state index >= 15 is 0 Å². The number of rotatable bonds is 2. The standard InChI is InChI=1S/C7H8N4O/c1-2-12-7-10-5-3-8-4-9-6(5)11-7/h3-4H,2H2,1H3,(H,8,9,10,11). The minimum atomic E-state index is 0.494. The number of ether oxygens (including phenoxy) is 1. The molecule has 2 heterocycles. The molecular weight excluding hydrogens is 156 g/mol. The second kappa shape index (κ2) is 2.77. The summed E-state index contributed by atoms with van der Waals surface area (Å²) in [6.07, 6.45) is 3.12. The Kier molecular flexibility index (Phi) is 1.62. The predicted molar refractivity (Wildman–Crippen MR) is 42.9 cm³/mol. The van der Waals surface area contributed by atoms with Crippen LogP contribution in [0.1, 0.15) is 6.92 Å². The van der Waals surface area contributed by atoms with Gasteiger partial charge in [-0.3, -0.25) is 0 Å². The zero-order chi connectivity index (χ0) is 8.39. The van der Waals surface area contributed by atoms with Crippen LogP contribution in [0.4, 0.5) is 0 Å². The number of imidazole rings is 1. The molecule has 0 radical (unpaired) electrons. The summed E-state index contributed by atoms with van der Waals surface area (Å²) in [4.78, 5) is 14.8. The average Bonchev–Trinajstić information content (AvgIpc) is 2.47. The third kappa shape index (κ3) is 1.09. The van der Waals surface area contributed by atoms with Crippen LogP contribution in [-0.4, -0.2) is 26.5 Å². The number of nitrogens with zero attached hydrogens (tertiary/aromatic N) is 3. The Morgan fingerprint density at radius 3 is 3.25 bits per heavy atom. The fraction of sp³-hybridized carbons (Fsp3) is 0.286. The first kappa shape index (κ1) is 7.02. The van der Waals surface area contributed by atoms with Gasteiger partial charge in [0, 0.05) is 0 Å². The lowest BCUT2D eigenvalue weighted by molar-refractivity contribution is 0.317. The minimum Gasteiger partial charge on any atom is -0.465 e. The first-order chi connectivity index (χ1) is 5.90. The van der Waals surface area contributed by atoms with Gasteiger partial charge in [0.15, 0.2) is 5.65 Å². The topological polar surface area (TPSA) is 63.7 Å². The van der Waals surface area contributed by atoms with Gasteiger partial charge in [0.2, 0.25) is 0 Å². The molecule has 0 saturated carbocycles. The molecule has 62 valence electrons. The molecule has 0 atom stereocenters. The van der Waals surface area contributed by atoms with E-state index in [4.69, 9.17) is 4.74 Å². The largest absolute Gasteiger partial charge is 0.465 e. The second-order valence-electron chi connectivity index (χ2n) is 2.23. The lowest BCUT2D eigenvalue weighted by Crippen LogP contribution is -1.92. The first-order valence-corrected chi connectivity index (χ1v) is 3.68. The highest BCUT2D eigenvalue weighted by Crippen LogP contribution is 2.10. The van der Waals surface area contributed by atoms with Crippen molar-refractivity contribution in [3.05, 3.63) is 12.5 Å². The van der Waals surface area contributed by atoms with E-state index in [1.54, 1.807) is 6.20 Å². The Morgan fingerprint density at radius 1 is 1.58 bits per heavy atom. The van der Waals surface area contributed by atoms with E-state index < -0.39 is 0 Å².